The third kappa shape index (κ3) is 5.57. The predicted octanol–water partition coefficient (Wildman–Crippen LogP) is 7.28. The minimum atomic E-state index is -0.501. The zero-order valence-electron chi connectivity index (χ0n) is 19.1. The summed E-state index contributed by atoms with van der Waals surface area (Å²) >= 11 is 15.8. The van der Waals surface area contributed by atoms with Crippen LogP contribution in [0.25, 0.3) is 17.0 Å². The van der Waals surface area contributed by atoms with E-state index in [4.69, 9.17) is 23.2 Å². The molecule has 1 aliphatic rings. The molecule has 1 aromatic heterocycles. The van der Waals surface area contributed by atoms with Gasteiger partial charge >= 0.3 is 0 Å². The van der Waals surface area contributed by atoms with Crippen molar-refractivity contribution in [3.05, 3.63) is 103 Å². The number of rotatable bonds is 6. The monoisotopic (exact) mass is 661 g/mol. The van der Waals surface area contributed by atoms with Crippen LogP contribution in [0.4, 0.5) is 10.5 Å². The van der Waals surface area contributed by atoms with E-state index in [0.29, 0.717) is 22.3 Å². The van der Waals surface area contributed by atoms with Gasteiger partial charge < -0.3 is 9.88 Å². The van der Waals surface area contributed by atoms with Gasteiger partial charge in [-0.25, -0.2) is 0 Å². The van der Waals surface area contributed by atoms with Gasteiger partial charge in [-0.05, 0) is 82.9 Å². The summed E-state index contributed by atoms with van der Waals surface area (Å²) in [6.07, 6.45) is 3.59. The van der Waals surface area contributed by atoms with Gasteiger partial charge in [0.1, 0.15) is 6.54 Å². The lowest BCUT2D eigenvalue weighted by atomic mass is 10.1. The highest BCUT2D eigenvalue weighted by molar-refractivity contribution is 14.1. The first-order valence-corrected chi connectivity index (χ1v) is 13.8. The van der Waals surface area contributed by atoms with Crippen LogP contribution in [0.3, 0.4) is 0 Å². The predicted molar refractivity (Wildman–Crippen MR) is 158 cm³/mol. The lowest BCUT2D eigenvalue weighted by Crippen LogP contribution is -2.36. The maximum Gasteiger partial charge on any atom is 0.294 e. The van der Waals surface area contributed by atoms with E-state index in [1.807, 2.05) is 47.2 Å². The van der Waals surface area contributed by atoms with Crippen molar-refractivity contribution in [1.82, 2.24) is 9.47 Å². The molecule has 1 aliphatic heterocycles. The number of carbonyl (C=O) groups is 3. The number of amides is 3. The summed E-state index contributed by atoms with van der Waals surface area (Å²) < 4.78 is 3.04. The molecule has 10 heteroatoms. The average molecular weight is 662 g/mol. The van der Waals surface area contributed by atoms with E-state index in [1.54, 1.807) is 36.4 Å². The number of hydrogen-bond donors (Lipinski definition) is 1. The normalized spacial score (nSPS) is 14.7. The third-order valence-corrected chi connectivity index (χ3v) is 8.13. The maximum atomic E-state index is 13.1. The van der Waals surface area contributed by atoms with Crippen molar-refractivity contribution < 1.29 is 14.4 Å². The second-order valence-corrected chi connectivity index (χ2v) is 11.3. The van der Waals surface area contributed by atoms with Crippen LogP contribution < -0.4 is 5.32 Å². The van der Waals surface area contributed by atoms with Gasteiger partial charge in [0, 0.05) is 47.5 Å². The Morgan fingerprint density at radius 3 is 2.41 bits per heavy atom. The molecule has 0 bridgehead atoms. The SMILES string of the molecule is O=C(CN1C(=O)S/C(=C\c2cn(Cc3c(Cl)cccc3Cl)c3ccccc23)C1=O)Nc1ccc(I)cc1. The van der Waals surface area contributed by atoms with Crippen LogP contribution in [0.15, 0.2) is 77.8 Å². The maximum absolute atomic E-state index is 13.1. The van der Waals surface area contributed by atoms with Gasteiger partial charge in [-0.2, -0.15) is 0 Å². The number of nitrogens with zero attached hydrogens (tertiary/aromatic N) is 2. The van der Waals surface area contributed by atoms with Crippen molar-refractivity contribution >= 4 is 97.3 Å². The van der Waals surface area contributed by atoms with E-state index >= 15 is 0 Å². The number of thioether (sulfide) groups is 1. The van der Waals surface area contributed by atoms with Crippen molar-refractivity contribution in [1.29, 1.82) is 0 Å². The number of nitrogens with one attached hydrogen (secondary N) is 1. The quantitative estimate of drug-likeness (QED) is 0.174. The molecule has 1 N–H and O–H groups in total. The van der Waals surface area contributed by atoms with Crippen molar-refractivity contribution in [2.24, 2.45) is 0 Å². The molecule has 4 aromatic rings. The van der Waals surface area contributed by atoms with E-state index in [0.717, 1.165) is 42.3 Å². The zero-order valence-corrected chi connectivity index (χ0v) is 23.6. The fourth-order valence-electron chi connectivity index (χ4n) is 4.03. The number of para-hydroxylation sites is 1. The van der Waals surface area contributed by atoms with Crippen molar-refractivity contribution in [3.8, 4) is 0 Å². The highest BCUT2D eigenvalue weighted by Gasteiger charge is 2.36. The third-order valence-electron chi connectivity index (χ3n) is 5.80. The lowest BCUT2D eigenvalue weighted by molar-refractivity contribution is -0.127. The molecule has 0 atom stereocenters. The molecule has 3 aromatic carbocycles. The lowest BCUT2D eigenvalue weighted by Gasteiger charge is -2.12. The van der Waals surface area contributed by atoms with Gasteiger partial charge in [0.25, 0.3) is 11.1 Å². The van der Waals surface area contributed by atoms with E-state index in [-0.39, 0.29) is 11.4 Å². The Balaban J connectivity index is 1.39. The Kier molecular flexibility index (Phi) is 7.62. The minimum Gasteiger partial charge on any atom is -0.342 e. The van der Waals surface area contributed by atoms with Gasteiger partial charge in [-0.1, -0.05) is 47.5 Å². The summed E-state index contributed by atoms with van der Waals surface area (Å²) in [5.74, 6) is -0.947. The highest BCUT2D eigenvalue weighted by atomic mass is 127. The van der Waals surface area contributed by atoms with Crippen molar-refractivity contribution in [2.75, 3.05) is 11.9 Å². The molecule has 186 valence electrons. The topological polar surface area (TPSA) is 71.4 Å². The zero-order chi connectivity index (χ0) is 26.1. The van der Waals surface area contributed by atoms with Crippen LogP contribution in [0.2, 0.25) is 10.0 Å². The molecule has 37 heavy (non-hydrogen) atoms. The number of imide groups is 1. The summed E-state index contributed by atoms with van der Waals surface area (Å²) in [6.45, 7) is 0.0772. The number of hydrogen-bond acceptors (Lipinski definition) is 4. The molecule has 6 nitrogen and oxygen atoms in total. The Labute approximate surface area is 240 Å². The number of aromatic nitrogens is 1. The first-order chi connectivity index (χ1) is 17.8. The van der Waals surface area contributed by atoms with Crippen LogP contribution in [0.1, 0.15) is 11.1 Å². The smallest absolute Gasteiger partial charge is 0.294 e. The summed E-state index contributed by atoms with van der Waals surface area (Å²) in [5, 5.41) is 4.28. The summed E-state index contributed by atoms with van der Waals surface area (Å²) in [5.41, 5.74) is 3.09. The molecule has 0 unspecified atom stereocenters. The first kappa shape index (κ1) is 25.8. The van der Waals surface area contributed by atoms with Gasteiger partial charge in [-0.15, -0.1) is 0 Å². The molecular weight excluding hydrogens is 644 g/mol. The second-order valence-electron chi connectivity index (χ2n) is 8.25. The molecule has 0 spiro atoms. The molecular formula is C27H18Cl2IN3O3S. The van der Waals surface area contributed by atoms with E-state index < -0.39 is 17.1 Å². The molecule has 1 saturated heterocycles. The first-order valence-electron chi connectivity index (χ1n) is 11.1. The highest BCUT2D eigenvalue weighted by Crippen LogP contribution is 2.35. The van der Waals surface area contributed by atoms with Crippen LogP contribution in [-0.2, 0) is 16.1 Å². The van der Waals surface area contributed by atoms with Gasteiger partial charge in [0.05, 0.1) is 11.4 Å². The van der Waals surface area contributed by atoms with E-state index in [2.05, 4.69) is 27.9 Å². The fourth-order valence-corrected chi connectivity index (χ4v) is 5.74. The molecule has 0 aliphatic carbocycles. The van der Waals surface area contributed by atoms with E-state index in [9.17, 15) is 14.4 Å². The molecule has 1 fully saturated rings. The Morgan fingerprint density at radius 1 is 0.973 bits per heavy atom. The van der Waals surface area contributed by atoms with Gasteiger partial charge in [0.2, 0.25) is 5.91 Å². The minimum absolute atomic E-state index is 0.255. The second kappa shape index (κ2) is 10.9. The molecule has 5 rings (SSSR count). The van der Waals surface area contributed by atoms with Crippen LogP contribution in [0.5, 0.6) is 0 Å². The molecule has 0 radical (unpaired) electrons. The number of carbonyl (C=O) groups excluding carboxylic acids is 3. The fraction of sp³-hybridized carbons (Fsp3) is 0.0741. The number of benzene rings is 3. The van der Waals surface area contributed by atoms with Crippen molar-refractivity contribution in [3.63, 3.8) is 0 Å². The standard InChI is InChI=1S/C27H18Cl2IN3O3S/c28-21-5-3-6-22(29)20(21)14-32-13-16(19-4-1-2-7-23(19)32)12-24-26(35)33(27(36)37-24)15-25(34)31-18-10-8-17(30)9-11-18/h1-13H,14-15H2,(H,31,34)/b24-12-. The largest absolute Gasteiger partial charge is 0.342 e. The Hall–Kier alpha value is -2.79. The van der Waals surface area contributed by atoms with Gasteiger partial charge in [-0.3, -0.25) is 19.3 Å². The average Bonchev–Trinajstić information content (AvgIpc) is 3.35. The summed E-state index contributed by atoms with van der Waals surface area (Å²) in [7, 11) is 0. The number of fused-ring (bicyclic) bond motifs is 1. The summed E-state index contributed by atoms with van der Waals surface area (Å²) in [6, 6.07) is 20.4. The molecule has 3 amide bonds. The Bertz CT molecular complexity index is 1560. The summed E-state index contributed by atoms with van der Waals surface area (Å²) in [4.78, 5) is 39.4. The van der Waals surface area contributed by atoms with Crippen LogP contribution in [0, 0.1) is 3.57 Å². The van der Waals surface area contributed by atoms with Crippen LogP contribution in [-0.4, -0.2) is 33.1 Å². The van der Waals surface area contributed by atoms with Crippen molar-refractivity contribution in [2.45, 2.75) is 6.54 Å². The number of halogens is 3. The van der Waals surface area contributed by atoms with Gasteiger partial charge in [0.15, 0.2) is 0 Å². The Morgan fingerprint density at radius 2 is 1.68 bits per heavy atom. The van der Waals surface area contributed by atoms with Crippen LogP contribution >= 0.6 is 57.6 Å². The van der Waals surface area contributed by atoms with E-state index in [1.165, 1.54) is 0 Å². The molecule has 2 heterocycles. The molecule has 0 saturated carbocycles. The number of anilines is 1.